The fourth-order valence-electron chi connectivity index (χ4n) is 3.23. The van der Waals surface area contributed by atoms with Crippen LogP contribution in [0, 0.1) is 0 Å². The van der Waals surface area contributed by atoms with Crippen LogP contribution in [-0.2, 0) is 9.47 Å². The predicted molar refractivity (Wildman–Crippen MR) is 105 cm³/mol. The molecule has 1 amide bonds. The van der Waals surface area contributed by atoms with Crippen LogP contribution in [0.1, 0.15) is 42.7 Å². The number of anilines is 1. The zero-order valence-electron chi connectivity index (χ0n) is 17.5. The Bertz CT molecular complexity index is 737. The van der Waals surface area contributed by atoms with Crippen LogP contribution in [-0.4, -0.2) is 74.2 Å². The molecule has 2 rings (SSSR count). The Labute approximate surface area is 169 Å². The summed E-state index contributed by atoms with van der Waals surface area (Å²) in [4.78, 5) is 28.1. The molecule has 1 aliphatic heterocycles. The van der Waals surface area contributed by atoms with Crippen molar-refractivity contribution < 1.29 is 27.8 Å². The Balaban J connectivity index is 2.30. The number of piperazine rings is 1. The Morgan fingerprint density at radius 3 is 2.55 bits per heavy atom. The average molecular weight is 413 g/mol. The van der Waals surface area contributed by atoms with Crippen LogP contribution in [0.15, 0.2) is 18.2 Å². The summed E-state index contributed by atoms with van der Waals surface area (Å²) < 4.78 is 35.7. The van der Waals surface area contributed by atoms with Gasteiger partial charge in [-0.15, -0.1) is 0 Å². The number of benzene rings is 1. The minimum absolute atomic E-state index is 0.159. The van der Waals surface area contributed by atoms with Crippen molar-refractivity contribution in [3.63, 3.8) is 0 Å². The van der Waals surface area contributed by atoms with E-state index >= 15 is 0 Å². The molecule has 1 aliphatic rings. The van der Waals surface area contributed by atoms with Crippen LogP contribution < -0.4 is 5.32 Å². The number of nitrogens with zero attached hydrogens (tertiary/aromatic N) is 2. The van der Waals surface area contributed by atoms with Gasteiger partial charge in [0.2, 0.25) is 0 Å². The lowest BCUT2D eigenvalue weighted by Crippen LogP contribution is -2.48. The summed E-state index contributed by atoms with van der Waals surface area (Å²) in [5, 5.41) is 2.61. The second kappa shape index (κ2) is 9.49. The van der Waals surface area contributed by atoms with Gasteiger partial charge < -0.3 is 9.47 Å². The third-order valence-corrected chi connectivity index (χ3v) is 4.60. The average Bonchev–Trinajstić information content (AvgIpc) is 2.60. The van der Waals surface area contributed by atoms with Gasteiger partial charge in [-0.25, -0.2) is 18.4 Å². The maximum absolute atomic E-state index is 12.8. The molecule has 1 N–H and O–H groups in total. The molecule has 0 spiro atoms. The van der Waals surface area contributed by atoms with Gasteiger partial charge in [-0.1, -0.05) is 6.07 Å². The highest BCUT2D eigenvalue weighted by molar-refractivity contribution is 5.99. The number of ether oxygens (including phenoxy) is 2. The van der Waals surface area contributed by atoms with Gasteiger partial charge in [0.1, 0.15) is 5.60 Å². The van der Waals surface area contributed by atoms with Gasteiger partial charge >= 0.3 is 12.1 Å². The number of carbonyl (C=O) groups excluding carboxylic acids is 2. The highest BCUT2D eigenvalue weighted by Crippen LogP contribution is 2.29. The molecular formula is C20H29F2N3O4. The normalized spacial score (nSPS) is 18.6. The Kier molecular flexibility index (Phi) is 7.54. The van der Waals surface area contributed by atoms with E-state index in [9.17, 15) is 18.4 Å². The number of rotatable bonds is 5. The van der Waals surface area contributed by atoms with Crippen LogP contribution >= 0.6 is 0 Å². The van der Waals surface area contributed by atoms with E-state index in [0.717, 1.165) is 5.56 Å². The maximum atomic E-state index is 12.8. The molecule has 7 nitrogen and oxygen atoms in total. The van der Waals surface area contributed by atoms with Gasteiger partial charge in [0, 0.05) is 25.7 Å². The number of nitrogens with one attached hydrogen (secondary N) is 1. The van der Waals surface area contributed by atoms with Crippen molar-refractivity contribution in [2.24, 2.45) is 0 Å². The first-order valence-electron chi connectivity index (χ1n) is 9.43. The molecule has 1 fully saturated rings. The minimum atomic E-state index is -2.40. The molecule has 0 aromatic heterocycles. The van der Waals surface area contributed by atoms with Crippen LogP contribution in [0.3, 0.4) is 0 Å². The van der Waals surface area contributed by atoms with Crippen LogP contribution in [0.5, 0.6) is 0 Å². The number of hydrogen-bond acceptors (Lipinski definition) is 6. The molecule has 1 aromatic rings. The molecule has 162 valence electrons. The highest BCUT2D eigenvalue weighted by Gasteiger charge is 2.28. The summed E-state index contributed by atoms with van der Waals surface area (Å²) in [6.45, 7) is 6.53. The smallest absolute Gasteiger partial charge is 0.412 e. The van der Waals surface area contributed by atoms with Crippen LogP contribution in [0.2, 0.25) is 0 Å². The topological polar surface area (TPSA) is 71.1 Å². The largest absolute Gasteiger partial charge is 0.465 e. The number of amides is 1. The van der Waals surface area contributed by atoms with E-state index in [2.05, 4.69) is 10.2 Å². The van der Waals surface area contributed by atoms with Crippen molar-refractivity contribution in [3.8, 4) is 0 Å². The van der Waals surface area contributed by atoms with Crippen molar-refractivity contribution in [2.45, 2.75) is 38.8 Å². The summed E-state index contributed by atoms with van der Waals surface area (Å²) in [5.41, 5.74) is 0.533. The molecule has 0 radical (unpaired) electrons. The first-order chi connectivity index (χ1) is 13.5. The third kappa shape index (κ3) is 6.64. The van der Waals surface area contributed by atoms with E-state index in [-0.39, 0.29) is 23.8 Å². The number of alkyl halides is 2. The van der Waals surface area contributed by atoms with Crippen molar-refractivity contribution in [1.29, 1.82) is 0 Å². The fourth-order valence-corrected chi connectivity index (χ4v) is 3.23. The maximum Gasteiger partial charge on any atom is 0.412 e. The number of esters is 1. The summed E-state index contributed by atoms with van der Waals surface area (Å²) >= 11 is 0. The van der Waals surface area contributed by atoms with E-state index in [4.69, 9.17) is 9.47 Å². The lowest BCUT2D eigenvalue weighted by molar-refractivity contribution is 0.0380. The zero-order chi connectivity index (χ0) is 21.8. The Hall–Kier alpha value is -2.26. The second-order valence-corrected chi connectivity index (χ2v) is 8.07. The van der Waals surface area contributed by atoms with Crippen molar-refractivity contribution in [3.05, 3.63) is 29.3 Å². The molecule has 0 bridgehead atoms. The monoisotopic (exact) mass is 413 g/mol. The van der Waals surface area contributed by atoms with Crippen molar-refractivity contribution >= 4 is 17.7 Å². The molecular weight excluding hydrogens is 384 g/mol. The van der Waals surface area contributed by atoms with E-state index in [1.165, 1.54) is 7.11 Å². The Morgan fingerprint density at radius 1 is 1.28 bits per heavy atom. The van der Waals surface area contributed by atoms with E-state index in [1.54, 1.807) is 43.9 Å². The van der Waals surface area contributed by atoms with E-state index in [0.29, 0.717) is 19.6 Å². The van der Waals surface area contributed by atoms with Crippen LogP contribution in [0.25, 0.3) is 0 Å². The second-order valence-electron chi connectivity index (χ2n) is 8.07. The fraction of sp³-hybridized carbons (Fsp3) is 0.600. The summed E-state index contributed by atoms with van der Waals surface area (Å²) in [5.74, 6) is -0.598. The van der Waals surface area contributed by atoms with Crippen LogP contribution in [0.4, 0.5) is 19.3 Å². The SMILES string of the molecule is COC(=O)c1ccc(C2CN(CC(F)F)CCN2C)cc1NC(=O)OC(C)(C)C. The van der Waals surface area contributed by atoms with Crippen molar-refractivity contribution in [2.75, 3.05) is 45.7 Å². The van der Waals surface area contributed by atoms with Gasteiger partial charge in [0.05, 0.1) is 24.9 Å². The number of hydrogen-bond donors (Lipinski definition) is 1. The quantitative estimate of drug-likeness (QED) is 0.747. The molecule has 0 saturated carbocycles. The summed E-state index contributed by atoms with van der Waals surface area (Å²) in [6.07, 6.45) is -3.10. The van der Waals surface area contributed by atoms with Gasteiger partial charge in [0.15, 0.2) is 0 Å². The Morgan fingerprint density at radius 2 is 1.97 bits per heavy atom. The van der Waals surface area contributed by atoms with Gasteiger partial charge in [-0.3, -0.25) is 15.1 Å². The number of likely N-dealkylation sites (N-methyl/N-ethyl adjacent to an activating group) is 1. The predicted octanol–water partition coefficient (Wildman–Crippen LogP) is 3.37. The first kappa shape index (κ1) is 23.0. The molecule has 1 unspecified atom stereocenters. The van der Waals surface area contributed by atoms with Crippen molar-refractivity contribution in [1.82, 2.24) is 9.80 Å². The first-order valence-corrected chi connectivity index (χ1v) is 9.43. The molecule has 9 heteroatoms. The summed E-state index contributed by atoms with van der Waals surface area (Å²) in [7, 11) is 3.17. The molecule has 1 heterocycles. The molecule has 29 heavy (non-hydrogen) atoms. The number of carbonyl (C=O) groups is 2. The molecule has 1 atom stereocenters. The molecule has 1 aromatic carbocycles. The number of methoxy groups -OCH3 is 1. The molecule has 1 saturated heterocycles. The minimum Gasteiger partial charge on any atom is -0.465 e. The lowest BCUT2D eigenvalue weighted by Gasteiger charge is -2.39. The highest BCUT2D eigenvalue weighted by atomic mass is 19.3. The summed E-state index contributed by atoms with van der Waals surface area (Å²) in [6, 6.07) is 4.82. The molecule has 0 aliphatic carbocycles. The van der Waals surface area contributed by atoms with Gasteiger partial charge in [-0.05, 0) is 45.5 Å². The van der Waals surface area contributed by atoms with E-state index in [1.807, 2.05) is 7.05 Å². The van der Waals surface area contributed by atoms with Gasteiger partial charge in [0.25, 0.3) is 6.43 Å². The van der Waals surface area contributed by atoms with Gasteiger partial charge in [-0.2, -0.15) is 0 Å². The lowest BCUT2D eigenvalue weighted by atomic mass is 9.99. The zero-order valence-corrected chi connectivity index (χ0v) is 17.5. The number of halogens is 2. The standard InChI is InChI=1S/C20H29F2N3O4/c1-20(2,3)29-19(27)23-15-10-13(6-7-14(15)18(26)28-5)16-11-25(12-17(21)22)9-8-24(16)4/h6-7,10,16-17H,8-9,11-12H2,1-5H3,(H,23,27). The van der Waals surface area contributed by atoms with E-state index < -0.39 is 24.1 Å². The third-order valence-electron chi connectivity index (χ3n) is 4.60.